The molecular weight excluding hydrogens is 316 g/mol. The van der Waals surface area contributed by atoms with E-state index in [4.69, 9.17) is 9.72 Å². The summed E-state index contributed by atoms with van der Waals surface area (Å²) in [5.74, 6) is 0.862. The first-order chi connectivity index (χ1) is 11.8. The van der Waals surface area contributed by atoms with E-state index in [2.05, 4.69) is 9.88 Å². The summed E-state index contributed by atoms with van der Waals surface area (Å²) in [7, 11) is 1.81. The first-order valence-electron chi connectivity index (χ1n) is 8.76. The van der Waals surface area contributed by atoms with Gasteiger partial charge in [-0.1, -0.05) is 12.1 Å². The Bertz CT molecular complexity index is 756. The molecule has 0 N–H and O–H groups in total. The SMILES string of the molecule is CN(C(=O)OC(C)(C)C)[C@@H]1CCCN(c2cnc3ccccc3n2)C1. The molecule has 2 heterocycles. The largest absolute Gasteiger partial charge is 0.444 e. The molecular formula is C19H26N4O2. The van der Waals surface area contributed by atoms with Crippen LogP contribution in [0.2, 0.25) is 0 Å². The van der Waals surface area contributed by atoms with Crippen molar-refractivity contribution in [2.75, 3.05) is 25.0 Å². The smallest absolute Gasteiger partial charge is 0.410 e. The van der Waals surface area contributed by atoms with Crippen molar-refractivity contribution in [1.82, 2.24) is 14.9 Å². The molecule has 1 aromatic heterocycles. The third kappa shape index (κ3) is 4.18. The van der Waals surface area contributed by atoms with Gasteiger partial charge in [-0.05, 0) is 45.7 Å². The van der Waals surface area contributed by atoms with Crippen LogP contribution in [0.15, 0.2) is 30.5 Å². The van der Waals surface area contributed by atoms with E-state index in [9.17, 15) is 4.79 Å². The topological polar surface area (TPSA) is 58.6 Å². The predicted molar refractivity (Wildman–Crippen MR) is 98.8 cm³/mol. The minimum atomic E-state index is -0.483. The number of carbonyl (C=O) groups excluding carboxylic acids is 1. The number of para-hydroxylation sites is 2. The summed E-state index contributed by atoms with van der Waals surface area (Å²) in [4.78, 5) is 25.5. The first-order valence-corrected chi connectivity index (χ1v) is 8.76. The van der Waals surface area contributed by atoms with Crippen LogP contribution in [-0.2, 0) is 4.74 Å². The van der Waals surface area contributed by atoms with Crippen molar-refractivity contribution in [2.24, 2.45) is 0 Å². The molecule has 3 rings (SSSR count). The van der Waals surface area contributed by atoms with Gasteiger partial charge in [0, 0.05) is 20.1 Å². The highest BCUT2D eigenvalue weighted by Gasteiger charge is 2.29. The van der Waals surface area contributed by atoms with E-state index in [1.165, 1.54) is 0 Å². The number of aromatic nitrogens is 2. The summed E-state index contributed by atoms with van der Waals surface area (Å²) in [5.41, 5.74) is 1.30. The van der Waals surface area contributed by atoms with Crippen LogP contribution in [0.25, 0.3) is 11.0 Å². The third-order valence-electron chi connectivity index (χ3n) is 4.39. The van der Waals surface area contributed by atoms with E-state index in [1.54, 1.807) is 4.90 Å². The van der Waals surface area contributed by atoms with Crippen molar-refractivity contribution in [3.63, 3.8) is 0 Å². The Kier molecular flexibility index (Phi) is 4.79. The van der Waals surface area contributed by atoms with Crippen molar-refractivity contribution >= 4 is 22.9 Å². The Labute approximate surface area is 148 Å². The van der Waals surface area contributed by atoms with E-state index in [0.717, 1.165) is 42.8 Å². The molecule has 0 spiro atoms. The molecule has 1 aliphatic rings. The normalized spacial score (nSPS) is 18.2. The van der Waals surface area contributed by atoms with Gasteiger partial charge in [-0.15, -0.1) is 0 Å². The number of hydrogen-bond donors (Lipinski definition) is 0. The molecule has 25 heavy (non-hydrogen) atoms. The number of likely N-dealkylation sites (N-methyl/N-ethyl adjacent to an activating group) is 1. The zero-order chi connectivity index (χ0) is 18.0. The molecule has 6 heteroatoms. The highest BCUT2D eigenvalue weighted by Crippen LogP contribution is 2.23. The Morgan fingerprint density at radius 3 is 2.72 bits per heavy atom. The monoisotopic (exact) mass is 342 g/mol. The number of nitrogens with zero attached hydrogens (tertiary/aromatic N) is 4. The standard InChI is InChI=1S/C19H26N4O2/c1-19(2,3)25-18(24)22(4)14-8-7-11-23(13-14)17-12-20-15-9-5-6-10-16(15)21-17/h5-6,9-10,12,14H,7-8,11,13H2,1-4H3/t14-/m1/s1. The highest BCUT2D eigenvalue weighted by molar-refractivity contribution is 5.75. The number of anilines is 1. The molecule has 134 valence electrons. The van der Waals surface area contributed by atoms with Crippen LogP contribution >= 0.6 is 0 Å². The summed E-state index contributed by atoms with van der Waals surface area (Å²) in [6.07, 6.45) is 3.52. The van der Waals surface area contributed by atoms with E-state index in [0.29, 0.717) is 0 Å². The van der Waals surface area contributed by atoms with Crippen molar-refractivity contribution in [3.8, 4) is 0 Å². The lowest BCUT2D eigenvalue weighted by molar-refractivity contribution is 0.0209. The second-order valence-electron chi connectivity index (χ2n) is 7.55. The van der Waals surface area contributed by atoms with Crippen molar-refractivity contribution in [1.29, 1.82) is 0 Å². The van der Waals surface area contributed by atoms with Crippen LogP contribution < -0.4 is 4.90 Å². The number of carbonyl (C=O) groups is 1. The van der Waals surface area contributed by atoms with Gasteiger partial charge in [0.1, 0.15) is 11.4 Å². The fraction of sp³-hybridized carbons (Fsp3) is 0.526. The Hall–Kier alpha value is -2.37. The number of rotatable bonds is 2. The molecule has 1 saturated heterocycles. The maximum absolute atomic E-state index is 12.3. The maximum Gasteiger partial charge on any atom is 0.410 e. The van der Waals surface area contributed by atoms with Crippen LogP contribution in [-0.4, -0.2) is 52.7 Å². The van der Waals surface area contributed by atoms with Gasteiger partial charge in [-0.25, -0.2) is 9.78 Å². The van der Waals surface area contributed by atoms with Crippen LogP contribution in [0, 0.1) is 0 Å². The quantitative estimate of drug-likeness (QED) is 0.836. The summed E-state index contributed by atoms with van der Waals surface area (Å²) in [5, 5.41) is 0. The molecule has 1 aromatic carbocycles. The number of ether oxygens (including phenoxy) is 1. The van der Waals surface area contributed by atoms with Gasteiger partial charge in [-0.2, -0.15) is 0 Å². The molecule has 0 bridgehead atoms. The fourth-order valence-corrected chi connectivity index (χ4v) is 3.06. The Morgan fingerprint density at radius 1 is 1.28 bits per heavy atom. The molecule has 0 saturated carbocycles. The van der Waals surface area contributed by atoms with Gasteiger partial charge in [0.15, 0.2) is 0 Å². The molecule has 1 atom stereocenters. The average molecular weight is 342 g/mol. The van der Waals surface area contributed by atoms with Gasteiger partial charge in [0.25, 0.3) is 0 Å². The number of piperidine rings is 1. The summed E-state index contributed by atoms with van der Waals surface area (Å²) in [6.45, 7) is 7.32. The second-order valence-corrected chi connectivity index (χ2v) is 7.55. The van der Waals surface area contributed by atoms with Gasteiger partial charge in [0.2, 0.25) is 0 Å². The second kappa shape index (κ2) is 6.86. The van der Waals surface area contributed by atoms with Crippen molar-refractivity contribution in [3.05, 3.63) is 30.5 Å². The fourth-order valence-electron chi connectivity index (χ4n) is 3.06. The number of amides is 1. The molecule has 2 aromatic rings. The number of hydrogen-bond acceptors (Lipinski definition) is 5. The lowest BCUT2D eigenvalue weighted by Crippen LogP contribution is -2.50. The minimum absolute atomic E-state index is 0.108. The molecule has 0 radical (unpaired) electrons. The van der Waals surface area contributed by atoms with E-state index >= 15 is 0 Å². The van der Waals surface area contributed by atoms with Crippen LogP contribution in [0.5, 0.6) is 0 Å². The maximum atomic E-state index is 12.3. The van der Waals surface area contributed by atoms with Gasteiger partial charge < -0.3 is 14.5 Å². The molecule has 0 aliphatic carbocycles. The molecule has 1 amide bonds. The molecule has 1 aliphatic heterocycles. The van der Waals surface area contributed by atoms with Gasteiger partial charge in [-0.3, -0.25) is 4.98 Å². The Morgan fingerprint density at radius 2 is 2.00 bits per heavy atom. The van der Waals surface area contributed by atoms with Gasteiger partial charge >= 0.3 is 6.09 Å². The summed E-state index contributed by atoms with van der Waals surface area (Å²) >= 11 is 0. The lowest BCUT2D eigenvalue weighted by Gasteiger charge is -2.38. The van der Waals surface area contributed by atoms with Crippen LogP contribution in [0.1, 0.15) is 33.6 Å². The zero-order valence-corrected chi connectivity index (χ0v) is 15.4. The lowest BCUT2D eigenvalue weighted by atomic mass is 10.0. The van der Waals surface area contributed by atoms with E-state index in [1.807, 2.05) is 58.3 Å². The van der Waals surface area contributed by atoms with E-state index in [-0.39, 0.29) is 12.1 Å². The molecule has 0 unspecified atom stereocenters. The highest BCUT2D eigenvalue weighted by atomic mass is 16.6. The summed E-state index contributed by atoms with van der Waals surface area (Å²) < 4.78 is 5.49. The average Bonchev–Trinajstić information content (AvgIpc) is 2.59. The number of benzene rings is 1. The van der Waals surface area contributed by atoms with Crippen LogP contribution in [0.3, 0.4) is 0 Å². The predicted octanol–water partition coefficient (Wildman–Crippen LogP) is 3.47. The van der Waals surface area contributed by atoms with E-state index < -0.39 is 5.60 Å². The molecule has 6 nitrogen and oxygen atoms in total. The van der Waals surface area contributed by atoms with Crippen molar-refractivity contribution in [2.45, 2.75) is 45.3 Å². The van der Waals surface area contributed by atoms with Crippen molar-refractivity contribution < 1.29 is 9.53 Å². The summed E-state index contributed by atoms with van der Waals surface area (Å²) in [6, 6.07) is 7.97. The Balaban J connectivity index is 1.72. The van der Waals surface area contributed by atoms with Crippen LogP contribution in [0.4, 0.5) is 10.6 Å². The minimum Gasteiger partial charge on any atom is -0.444 e. The molecule has 1 fully saturated rings. The zero-order valence-electron chi connectivity index (χ0n) is 15.4. The van der Waals surface area contributed by atoms with Gasteiger partial charge in [0.05, 0.1) is 23.3 Å². The number of fused-ring (bicyclic) bond motifs is 1. The first kappa shape index (κ1) is 17.5. The third-order valence-corrected chi connectivity index (χ3v) is 4.39.